The smallest absolute Gasteiger partial charge is 0.416 e. The minimum absolute atomic E-state index is 0.00302. The molecule has 0 saturated carbocycles. The topological polar surface area (TPSA) is 136 Å². The predicted molar refractivity (Wildman–Crippen MR) is 108 cm³/mol. The van der Waals surface area contributed by atoms with E-state index in [1.807, 2.05) is 0 Å². The van der Waals surface area contributed by atoms with E-state index in [0.29, 0.717) is 21.7 Å². The lowest BCUT2D eigenvalue weighted by atomic mass is 10.0. The molecule has 0 bridgehead atoms. The number of aliphatic carboxylic acids is 1. The second-order valence-corrected chi connectivity index (χ2v) is 6.98. The number of carboxylic acids is 1. The molecule has 0 saturated heterocycles. The lowest BCUT2D eigenvalue weighted by molar-refractivity contribution is -0.148. The fraction of sp³-hybridized carbons (Fsp3) is 0.150. The SMILES string of the molecule is O=C(NN(Cc1ccc(-c2cc(Cl)ccc2F)cc1)CC(O)C(=O)O)c1c[nH]c(=O)o1. The summed E-state index contributed by atoms with van der Waals surface area (Å²) in [5.74, 6) is -3.87. The molecule has 162 valence electrons. The van der Waals surface area contributed by atoms with Crippen LogP contribution in [0.4, 0.5) is 4.39 Å². The molecule has 31 heavy (non-hydrogen) atoms. The average Bonchev–Trinajstić information content (AvgIpc) is 3.17. The number of benzene rings is 2. The van der Waals surface area contributed by atoms with E-state index in [9.17, 15) is 23.9 Å². The van der Waals surface area contributed by atoms with Crippen LogP contribution in [0.15, 0.2) is 57.9 Å². The minimum Gasteiger partial charge on any atom is -0.479 e. The molecule has 0 spiro atoms. The summed E-state index contributed by atoms with van der Waals surface area (Å²) in [6.07, 6.45) is -0.726. The fourth-order valence-electron chi connectivity index (χ4n) is 2.76. The monoisotopic (exact) mass is 449 g/mol. The molecule has 2 aromatic carbocycles. The normalized spacial score (nSPS) is 12.0. The molecule has 0 fully saturated rings. The molecule has 1 aromatic heterocycles. The van der Waals surface area contributed by atoms with Crippen molar-refractivity contribution >= 4 is 23.5 Å². The molecule has 1 heterocycles. The van der Waals surface area contributed by atoms with Crippen LogP contribution in [-0.2, 0) is 11.3 Å². The van der Waals surface area contributed by atoms with Gasteiger partial charge in [-0.25, -0.2) is 19.0 Å². The highest BCUT2D eigenvalue weighted by Crippen LogP contribution is 2.26. The third-order valence-corrected chi connectivity index (χ3v) is 4.49. The Morgan fingerprint density at radius 2 is 1.94 bits per heavy atom. The fourth-order valence-corrected chi connectivity index (χ4v) is 2.93. The summed E-state index contributed by atoms with van der Waals surface area (Å²) in [6, 6.07) is 10.8. The second-order valence-electron chi connectivity index (χ2n) is 6.54. The van der Waals surface area contributed by atoms with E-state index in [4.69, 9.17) is 16.7 Å². The van der Waals surface area contributed by atoms with Crippen molar-refractivity contribution in [1.82, 2.24) is 15.4 Å². The highest BCUT2D eigenvalue weighted by atomic mass is 35.5. The Hall–Kier alpha value is -3.47. The van der Waals surface area contributed by atoms with Crippen LogP contribution >= 0.6 is 11.6 Å². The number of nitrogens with zero attached hydrogens (tertiary/aromatic N) is 1. The van der Waals surface area contributed by atoms with Crippen molar-refractivity contribution in [3.8, 4) is 11.1 Å². The van der Waals surface area contributed by atoms with Crippen molar-refractivity contribution in [2.45, 2.75) is 12.6 Å². The van der Waals surface area contributed by atoms with Crippen LogP contribution in [0.25, 0.3) is 11.1 Å². The number of hydrogen-bond acceptors (Lipinski definition) is 6. The largest absolute Gasteiger partial charge is 0.479 e. The maximum atomic E-state index is 14.1. The summed E-state index contributed by atoms with van der Waals surface area (Å²) in [7, 11) is 0. The second kappa shape index (κ2) is 9.56. The Balaban J connectivity index is 1.78. The van der Waals surface area contributed by atoms with Gasteiger partial charge in [-0.1, -0.05) is 35.9 Å². The van der Waals surface area contributed by atoms with Gasteiger partial charge in [0.15, 0.2) is 6.10 Å². The number of aliphatic hydroxyl groups is 1. The molecule has 0 aliphatic carbocycles. The summed E-state index contributed by atoms with van der Waals surface area (Å²) in [6.45, 7) is -0.441. The first-order valence-electron chi connectivity index (χ1n) is 8.92. The summed E-state index contributed by atoms with van der Waals surface area (Å²) in [5.41, 5.74) is 3.89. The van der Waals surface area contributed by atoms with E-state index in [2.05, 4.69) is 14.8 Å². The Kier molecular flexibility index (Phi) is 6.85. The summed E-state index contributed by atoms with van der Waals surface area (Å²) in [4.78, 5) is 36.5. The first kappa shape index (κ1) is 22.2. The van der Waals surface area contributed by atoms with Gasteiger partial charge in [-0.2, -0.15) is 0 Å². The number of H-pyrrole nitrogens is 1. The number of aromatic amines is 1. The number of halogens is 2. The van der Waals surface area contributed by atoms with Crippen LogP contribution < -0.4 is 11.2 Å². The third kappa shape index (κ3) is 5.79. The van der Waals surface area contributed by atoms with Crippen molar-refractivity contribution in [2.24, 2.45) is 0 Å². The van der Waals surface area contributed by atoms with E-state index in [1.54, 1.807) is 24.3 Å². The molecule has 3 rings (SSSR count). The Bertz CT molecular complexity index is 1140. The predicted octanol–water partition coefficient (Wildman–Crippen LogP) is 2.02. The Morgan fingerprint density at radius 1 is 1.23 bits per heavy atom. The van der Waals surface area contributed by atoms with E-state index in [1.165, 1.54) is 18.2 Å². The molecule has 0 radical (unpaired) electrons. The first-order chi connectivity index (χ1) is 14.7. The molecule has 1 amide bonds. The van der Waals surface area contributed by atoms with E-state index < -0.39 is 36.1 Å². The number of oxazole rings is 1. The van der Waals surface area contributed by atoms with E-state index in [-0.39, 0.29) is 12.3 Å². The van der Waals surface area contributed by atoms with Crippen molar-refractivity contribution in [2.75, 3.05) is 6.54 Å². The van der Waals surface area contributed by atoms with Crippen LogP contribution in [0.2, 0.25) is 5.02 Å². The third-order valence-electron chi connectivity index (χ3n) is 4.25. The minimum atomic E-state index is -1.78. The van der Waals surface area contributed by atoms with Gasteiger partial charge in [0, 0.05) is 17.1 Å². The number of aliphatic hydroxyl groups excluding tert-OH is 1. The van der Waals surface area contributed by atoms with Crippen molar-refractivity contribution < 1.29 is 28.6 Å². The highest BCUT2D eigenvalue weighted by molar-refractivity contribution is 6.30. The van der Waals surface area contributed by atoms with Gasteiger partial charge in [0.05, 0.1) is 12.7 Å². The van der Waals surface area contributed by atoms with Gasteiger partial charge in [0.1, 0.15) is 5.82 Å². The van der Waals surface area contributed by atoms with Crippen molar-refractivity contribution in [3.63, 3.8) is 0 Å². The van der Waals surface area contributed by atoms with Gasteiger partial charge in [-0.05, 0) is 29.3 Å². The Labute approximate surface area is 179 Å². The van der Waals surface area contributed by atoms with Crippen molar-refractivity contribution in [3.05, 3.63) is 81.4 Å². The van der Waals surface area contributed by atoms with E-state index >= 15 is 0 Å². The number of carboxylic acid groups (broad SMARTS) is 1. The van der Waals surface area contributed by atoms with Crippen molar-refractivity contribution in [1.29, 1.82) is 0 Å². The molecule has 9 nitrogen and oxygen atoms in total. The highest BCUT2D eigenvalue weighted by Gasteiger charge is 2.22. The molecular formula is C20H17ClFN3O6. The van der Waals surface area contributed by atoms with Crippen LogP contribution in [0.5, 0.6) is 0 Å². The van der Waals surface area contributed by atoms with Crippen LogP contribution in [0, 0.1) is 5.82 Å². The van der Waals surface area contributed by atoms with Crippen LogP contribution in [0.3, 0.4) is 0 Å². The lowest BCUT2D eigenvalue weighted by Gasteiger charge is -2.24. The zero-order valence-electron chi connectivity index (χ0n) is 15.8. The number of carbonyl (C=O) groups is 2. The summed E-state index contributed by atoms with van der Waals surface area (Å²) in [5, 5.41) is 20.2. The van der Waals surface area contributed by atoms with Gasteiger partial charge in [-0.15, -0.1) is 0 Å². The maximum Gasteiger partial charge on any atom is 0.416 e. The van der Waals surface area contributed by atoms with Crippen LogP contribution in [-0.4, -0.2) is 44.7 Å². The average molecular weight is 450 g/mol. The number of hydrazine groups is 1. The van der Waals surface area contributed by atoms with Crippen LogP contribution in [0.1, 0.15) is 16.1 Å². The quantitative estimate of drug-likeness (QED) is 0.386. The molecule has 11 heteroatoms. The number of amides is 1. The number of hydrogen-bond donors (Lipinski definition) is 4. The number of rotatable bonds is 8. The zero-order chi connectivity index (χ0) is 22.5. The number of nitrogens with one attached hydrogen (secondary N) is 2. The standard InChI is InChI=1S/C20H17ClFN3O6/c21-13-5-6-15(22)14(7-13)12-3-1-11(2-4-12)9-25(10-16(26)19(28)29)24-18(27)17-8-23-20(30)31-17/h1-8,16,26H,9-10H2,(H,23,30)(H,24,27)(H,28,29). The maximum absolute atomic E-state index is 14.1. The molecule has 1 unspecified atom stereocenters. The van der Waals surface area contributed by atoms with Gasteiger partial charge in [-0.3, -0.25) is 15.2 Å². The zero-order valence-corrected chi connectivity index (χ0v) is 16.6. The molecule has 4 N–H and O–H groups in total. The summed E-state index contributed by atoms with van der Waals surface area (Å²) >= 11 is 5.93. The molecule has 3 aromatic rings. The van der Waals surface area contributed by atoms with E-state index in [0.717, 1.165) is 11.2 Å². The van der Waals surface area contributed by atoms with Gasteiger partial charge < -0.3 is 14.6 Å². The Morgan fingerprint density at radius 3 is 2.55 bits per heavy atom. The summed E-state index contributed by atoms with van der Waals surface area (Å²) < 4.78 is 18.7. The molecule has 0 aliphatic rings. The van der Waals surface area contributed by atoms with Gasteiger partial charge >= 0.3 is 17.6 Å². The molecular weight excluding hydrogens is 433 g/mol. The van der Waals surface area contributed by atoms with Gasteiger partial charge in [0.25, 0.3) is 0 Å². The van der Waals surface area contributed by atoms with Gasteiger partial charge in [0.2, 0.25) is 5.76 Å². The first-order valence-corrected chi connectivity index (χ1v) is 9.30. The lowest BCUT2D eigenvalue weighted by Crippen LogP contribution is -2.47. The molecule has 1 atom stereocenters. The number of carbonyl (C=O) groups excluding carboxylic acids is 1. The number of aromatic nitrogens is 1. The molecule has 0 aliphatic heterocycles.